The molecule has 0 saturated carbocycles. The molecule has 3 amide bonds. The number of carbonyl (C=O) groups is 2. The van der Waals surface area contributed by atoms with Gasteiger partial charge in [-0.1, -0.05) is 29.5 Å². The summed E-state index contributed by atoms with van der Waals surface area (Å²) in [5.41, 5.74) is 0.894. The molecule has 7 nitrogen and oxygen atoms in total. The Kier molecular flexibility index (Phi) is 4.24. The Bertz CT molecular complexity index is 716. The second kappa shape index (κ2) is 6.33. The Hall–Kier alpha value is -2.48. The van der Waals surface area contributed by atoms with Crippen molar-refractivity contribution in [3.63, 3.8) is 0 Å². The molecule has 1 aromatic heterocycles. The molecule has 120 valence electrons. The van der Waals surface area contributed by atoms with Crippen LogP contribution in [0.2, 0.25) is 0 Å². The molecule has 2 heterocycles. The maximum Gasteiger partial charge on any atom is 0.323 e. The lowest BCUT2D eigenvalue weighted by molar-refractivity contribution is -0.117. The van der Waals surface area contributed by atoms with Crippen molar-refractivity contribution < 1.29 is 9.59 Å². The average molecular weight is 331 g/mol. The number of nitrogens with one attached hydrogen (secondary N) is 1. The van der Waals surface area contributed by atoms with Crippen molar-refractivity contribution in [2.24, 2.45) is 0 Å². The summed E-state index contributed by atoms with van der Waals surface area (Å²) in [4.78, 5) is 27.1. The molecule has 1 aliphatic heterocycles. The van der Waals surface area contributed by atoms with E-state index < -0.39 is 0 Å². The van der Waals surface area contributed by atoms with E-state index in [1.165, 1.54) is 16.2 Å². The Morgan fingerprint density at radius 1 is 1.30 bits per heavy atom. The van der Waals surface area contributed by atoms with Gasteiger partial charge in [0.2, 0.25) is 11.0 Å². The number of amides is 3. The maximum atomic E-state index is 12.2. The number of anilines is 2. The second-order valence-corrected chi connectivity index (χ2v) is 6.52. The summed E-state index contributed by atoms with van der Waals surface area (Å²) >= 11 is 1.32. The number of nitrogens with zero attached hydrogens (tertiary/aromatic N) is 4. The zero-order chi connectivity index (χ0) is 16.4. The predicted octanol–water partition coefficient (Wildman–Crippen LogP) is 2.15. The lowest BCUT2D eigenvalue weighted by Crippen LogP contribution is -2.27. The highest BCUT2D eigenvalue weighted by molar-refractivity contribution is 7.15. The monoisotopic (exact) mass is 331 g/mol. The number of carbonyl (C=O) groups excluding carboxylic acids is 2. The van der Waals surface area contributed by atoms with Gasteiger partial charge in [0.1, 0.15) is 5.01 Å². The van der Waals surface area contributed by atoms with E-state index in [1.54, 1.807) is 19.0 Å². The largest absolute Gasteiger partial charge is 0.331 e. The first-order chi connectivity index (χ1) is 11.0. The van der Waals surface area contributed by atoms with Crippen LogP contribution in [-0.4, -0.2) is 47.7 Å². The lowest BCUT2D eigenvalue weighted by Gasteiger charge is -2.15. The van der Waals surface area contributed by atoms with Gasteiger partial charge < -0.3 is 9.80 Å². The van der Waals surface area contributed by atoms with E-state index in [0.29, 0.717) is 18.1 Å². The van der Waals surface area contributed by atoms with E-state index in [-0.39, 0.29) is 17.9 Å². The normalized spacial score (nSPS) is 17.4. The predicted molar refractivity (Wildman–Crippen MR) is 88.8 cm³/mol. The summed E-state index contributed by atoms with van der Waals surface area (Å²) in [5, 5.41) is 12.0. The van der Waals surface area contributed by atoms with Gasteiger partial charge in [-0.15, -0.1) is 10.2 Å². The van der Waals surface area contributed by atoms with Crippen molar-refractivity contribution in [3.8, 4) is 0 Å². The Morgan fingerprint density at radius 2 is 2.04 bits per heavy atom. The van der Waals surface area contributed by atoms with Crippen LogP contribution in [0.1, 0.15) is 17.3 Å². The fourth-order valence-electron chi connectivity index (χ4n) is 2.38. The molecule has 0 spiro atoms. The molecule has 0 bridgehead atoms. The number of benzene rings is 1. The zero-order valence-corrected chi connectivity index (χ0v) is 13.7. The molecule has 2 aromatic rings. The minimum Gasteiger partial charge on any atom is -0.331 e. The van der Waals surface area contributed by atoms with Crippen LogP contribution in [0.5, 0.6) is 0 Å². The summed E-state index contributed by atoms with van der Waals surface area (Å²) < 4.78 is 0. The standard InChI is InChI=1S/C15H17N5O2S/c1-19(2)15(22)16-14-18-17-13(23-14)10-8-12(21)20(9-10)11-6-4-3-5-7-11/h3-7,10H,8-9H2,1-2H3,(H,16,18,22). The first kappa shape index (κ1) is 15.4. The van der Waals surface area contributed by atoms with Crippen molar-refractivity contribution in [1.29, 1.82) is 0 Å². The number of urea groups is 1. The summed E-state index contributed by atoms with van der Waals surface area (Å²) in [7, 11) is 3.31. The molecular weight excluding hydrogens is 314 g/mol. The number of para-hydroxylation sites is 1. The molecule has 0 aliphatic carbocycles. The number of aromatic nitrogens is 2. The van der Waals surface area contributed by atoms with Crippen molar-refractivity contribution in [3.05, 3.63) is 35.3 Å². The SMILES string of the molecule is CN(C)C(=O)Nc1nnc(C2CC(=O)N(c3ccccc3)C2)s1. The highest BCUT2D eigenvalue weighted by atomic mass is 32.1. The summed E-state index contributed by atoms with van der Waals surface area (Å²) in [6.45, 7) is 0.582. The van der Waals surface area contributed by atoms with Gasteiger partial charge in [-0.05, 0) is 12.1 Å². The quantitative estimate of drug-likeness (QED) is 0.935. The number of rotatable bonds is 3. The molecule has 3 rings (SSSR count). The molecule has 1 aliphatic rings. The van der Waals surface area contributed by atoms with E-state index >= 15 is 0 Å². The van der Waals surface area contributed by atoms with Gasteiger partial charge >= 0.3 is 6.03 Å². The summed E-state index contributed by atoms with van der Waals surface area (Å²) in [5.74, 6) is 0.0838. The third kappa shape index (κ3) is 3.31. The van der Waals surface area contributed by atoms with Gasteiger partial charge in [0.25, 0.3) is 0 Å². The third-order valence-electron chi connectivity index (χ3n) is 3.60. The van der Waals surface area contributed by atoms with Crippen molar-refractivity contribution in [1.82, 2.24) is 15.1 Å². The van der Waals surface area contributed by atoms with Crippen LogP contribution in [0, 0.1) is 0 Å². The lowest BCUT2D eigenvalue weighted by atomic mass is 10.1. The maximum absolute atomic E-state index is 12.2. The number of hydrogen-bond acceptors (Lipinski definition) is 5. The van der Waals surface area contributed by atoms with Crippen LogP contribution in [0.3, 0.4) is 0 Å². The molecule has 1 aromatic carbocycles. The molecule has 23 heavy (non-hydrogen) atoms. The topological polar surface area (TPSA) is 78.4 Å². The molecule has 1 unspecified atom stereocenters. The highest BCUT2D eigenvalue weighted by Crippen LogP contribution is 2.34. The minimum absolute atomic E-state index is 0.00483. The highest BCUT2D eigenvalue weighted by Gasteiger charge is 2.33. The van der Waals surface area contributed by atoms with Gasteiger partial charge in [0.15, 0.2) is 0 Å². The summed E-state index contributed by atoms with van der Waals surface area (Å²) in [6, 6.07) is 9.34. The molecule has 8 heteroatoms. The Labute approximate surface area is 137 Å². The fraction of sp³-hybridized carbons (Fsp3) is 0.333. The van der Waals surface area contributed by atoms with E-state index in [0.717, 1.165) is 10.7 Å². The fourth-order valence-corrected chi connectivity index (χ4v) is 3.21. The van der Waals surface area contributed by atoms with Gasteiger partial charge in [-0.25, -0.2) is 4.79 Å². The van der Waals surface area contributed by atoms with Gasteiger partial charge in [-0.3, -0.25) is 10.1 Å². The van der Waals surface area contributed by atoms with Crippen molar-refractivity contribution >= 4 is 34.1 Å². The average Bonchev–Trinajstić information content (AvgIpc) is 3.14. The van der Waals surface area contributed by atoms with E-state index in [1.807, 2.05) is 30.3 Å². The molecule has 0 radical (unpaired) electrons. The minimum atomic E-state index is -0.249. The van der Waals surface area contributed by atoms with Crippen LogP contribution < -0.4 is 10.2 Å². The van der Waals surface area contributed by atoms with E-state index in [2.05, 4.69) is 15.5 Å². The Morgan fingerprint density at radius 3 is 2.74 bits per heavy atom. The smallest absolute Gasteiger partial charge is 0.323 e. The van der Waals surface area contributed by atoms with Crippen LogP contribution >= 0.6 is 11.3 Å². The molecule has 1 fully saturated rings. The third-order valence-corrected chi connectivity index (χ3v) is 4.60. The van der Waals surface area contributed by atoms with Crippen LogP contribution in [0.4, 0.5) is 15.6 Å². The molecule has 1 N–H and O–H groups in total. The Balaban J connectivity index is 1.71. The van der Waals surface area contributed by atoms with Gasteiger partial charge in [0, 0.05) is 38.7 Å². The molecule has 1 atom stereocenters. The van der Waals surface area contributed by atoms with Crippen LogP contribution in [0.25, 0.3) is 0 Å². The first-order valence-corrected chi connectivity index (χ1v) is 8.03. The van der Waals surface area contributed by atoms with Crippen molar-refractivity contribution in [2.75, 3.05) is 30.9 Å². The zero-order valence-electron chi connectivity index (χ0n) is 12.9. The van der Waals surface area contributed by atoms with Crippen LogP contribution in [-0.2, 0) is 4.79 Å². The van der Waals surface area contributed by atoms with Gasteiger partial charge in [-0.2, -0.15) is 0 Å². The first-order valence-electron chi connectivity index (χ1n) is 7.21. The molecule has 1 saturated heterocycles. The van der Waals surface area contributed by atoms with Crippen molar-refractivity contribution in [2.45, 2.75) is 12.3 Å². The number of hydrogen-bond donors (Lipinski definition) is 1. The van der Waals surface area contributed by atoms with Crippen LogP contribution in [0.15, 0.2) is 30.3 Å². The van der Waals surface area contributed by atoms with E-state index in [9.17, 15) is 9.59 Å². The van der Waals surface area contributed by atoms with E-state index in [4.69, 9.17) is 0 Å². The summed E-state index contributed by atoms with van der Waals surface area (Å²) in [6.07, 6.45) is 0.408. The van der Waals surface area contributed by atoms with Gasteiger partial charge in [0.05, 0.1) is 0 Å². The second-order valence-electron chi connectivity index (χ2n) is 5.51. The molecular formula is C15H17N5O2S.